The van der Waals surface area contributed by atoms with E-state index in [4.69, 9.17) is 17.3 Å². The Kier molecular flexibility index (Phi) is 6.28. The van der Waals surface area contributed by atoms with Gasteiger partial charge in [0, 0.05) is 17.6 Å². The topological polar surface area (TPSA) is 72.2 Å². The van der Waals surface area contributed by atoms with Crippen molar-refractivity contribution in [2.45, 2.75) is 17.9 Å². The van der Waals surface area contributed by atoms with Crippen molar-refractivity contribution >= 4 is 34.0 Å². The van der Waals surface area contributed by atoms with Crippen molar-refractivity contribution in [1.82, 2.24) is 4.72 Å². The minimum Gasteiger partial charge on any atom is -0.329 e. The number of rotatable bonds is 4. The molecule has 0 radical (unpaired) electrons. The number of nitrogens with two attached hydrogens (primary N) is 1. The molecular weight excluding hydrogens is 271 g/mol. The van der Waals surface area contributed by atoms with E-state index in [1.54, 1.807) is 6.92 Å². The zero-order valence-electron chi connectivity index (χ0n) is 8.68. The van der Waals surface area contributed by atoms with Gasteiger partial charge in [-0.25, -0.2) is 13.1 Å². The van der Waals surface area contributed by atoms with Crippen LogP contribution in [0, 0.1) is 0 Å². The van der Waals surface area contributed by atoms with Crippen molar-refractivity contribution in [3.05, 3.63) is 29.3 Å². The Balaban J connectivity index is 0.00000225. The molecule has 0 unspecified atom stereocenters. The fraction of sp³-hybridized carbons (Fsp3) is 0.333. The second-order valence-corrected chi connectivity index (χ2v) is 5.36. The zero-order chi connectivity index (χ0) is 11.5. The summed E-state index contributed by atoms with van der Waals surface area (Å²) in [6.45, 7) is 1.96. The minimum atomic E-state index is -3.48. The summed E-state index contributed by atoms with van der Waals surface area (Å²) in [5.41, 5.74) is 5.33. The van der Waals surface area contributed by atoms with Gasteiger partial charge in [0.15, 0.2) is 0 Å². The summed E-state index contributed by atoms with van der Waals surface area (Å²) in [6, 6.07) is 5.68. The van der Waals surface area contributed by atoms with Gasteiger partial charge in [0.2, 0.25) is 10.0 Å². The van der Waals surface area contributed by atoms with E-state index >= 15 is 0 Å². The molecule has 4 nitrogen and oxygen atoms in total. The largest absolute Gasteiger partial charge is 0.329 e. The van der Waals surface area contributed by atoms with Crippen LogP contribution in [0.2, 0.25) is 5.02 Å². The minimum absolute atomic E-state index is 0. The van der Waals surface area contributed by atoms with Gasteiger partial charge in [-0.3, -0.25) is 0 Å². The molecule has 0 saturated heterocycles. The van der Waals surface area contributed by atoms with Gasteiger partial charge >= 0.3 is 0 Å². The van der Waals surface area contributed by atoms with E-state index in [1.807, 2.05) is 0 Å². The van der Waals surface area contributed by atoms with Gasteiger partial charge in [0.1, 0.15) is 0 Å². The highest BCUT2D eigenvalue weighted by molar-refractivity contribution is 7.89. The molecule has 1 aromatic carbocycles. The molecule has 0 bridgehead atoms. The third kappa shape index (κ3) is 4.27. The molecule has 0 spiro atoms. The number of hydrogen-bond donors (Lipinski definition) is 2. The van der Waals surface area contributed by atoms with Crippen LogP contribution < -0.4 is 10.5 Å². The molecule has 1 aromatic rings. The Labute approximate surface area is 107 Å². The second-order valence-electron chi connectivity index (χ2n) is 3.21. The summed E-state index contributed by atoms with van der Waals surface area (Å²) in [5, 5.41) is 0.501. The molecule has 1 rings (SSSR count). The maximum atomic E-state index is 11.7. The first-order chi connectivity index (χ1) is 6.95. The predicted octanol–water partition coefficient (Wildman–Crippen LogP) is 1.39. The van der Waals surface area contributed by atoms with E-state index in [9.17, 15) is 8.42 Å². The van der Waals surface area contributed by atoms with Crippen LogP contribution in [0.3, 0.4) is 0 Å². The second kappa shape index (κ2) is 6.42. The van der Waals surface area contributed by atoms with Crippen molar-refractivity contribution in [2.24, 2.45) is 5.73 Å². The maximum Gasteiger partial charge on any atom is 0.240 e. The van der Waals surface area contributed by atoms with E-state index < -0.39 is 10.0 Å². The maximum absolute atomic E-state index is 11.7. The lowest BCUT2D eigenvalue weighted by Crippen LogP contribution is -2.37. The van der Waals surface area contributed by atoms with Crippen LogP contribution in [0.1, 0.15) is 6.92 Å². The average Bonchev–Trinajstić information content (AvgIpc) is 2.17. The molecule has 0 aliphatic carbocycles. The van der Waals surface area contributed by atoms with Crippen molar-refractivity contribution in [3.63, 3.8) is 0 Å². The summed E-state index contributed by atoms with van der Waals surface area (Å²) in [4.78, 5) is 0.187. The van der Waals surface area contributed by atoms with Gasteiger partial charge in [-0.15, -0.1) is 12.4 Å². The van der Waals surface area contributed by atoms with Gasteiger partial charge in [-0.05, 0) is 31.2 Å². The molecule has 0 amide bonds. The number of hydrogen-bond acceptors (Lipinski definition) is 3. The standard InChI is InChI=1S/C9H13ClN2O2S.ClH/c1-7(6-11)12-15(13,14)9-4-2-8(10)3-5-9;/h2-5,7,12H,6,11H2,1H3;1H/t7-;/m1./s1. The molecule has 0 aliphatic heterocycles. The lowest BCUT2D eigenvalue weighted by molar-refractivity contribution is 0.562. The summed E-state index contributed by atoms with van der Waals surface area (Å²) in [7, 11) is -3.48. The molecular formula is C9H14Cl2N2O2S. The first-order valence-corrected chi connectivity index (χ1v) is 6.30. The van der Waals surface area contributed by atoms with E-state index in [1.165, 1.54) is 24.3 Å². The van der Waals surface area contributed by atoms with E-state index in [0.717, 1.165) is 0 Å². The first-order valence-electron chi connectivity index (χ1n) is 4.43. The Morgan fingerprint density at radius 2 is 1.88 bits per heavy atom. The van der Waals surface area contributed by atoms with Crippen molar-refractivity contribution in [2.75, 3.05) is 6.54 Å². The normalized spacial score (nSPS) is 12.9. The highest BCUT2D eigenvalue weighted by Gasteiger charge is 2.15. The number of halogens is 2. The smallest absolute Gasteiger partial charge is 0.240 e. The van der Waals surface area contributed by atoms with Crippen LogP contribution in [0.5, 0.6) is 0 Å². The fourth-order valence-corrected chi connectivity index (χ4v) is 2.38. The average molecular weight is 285 g/mol. The van der Waals surface area contributed by atoms with Crippen LogP contribution in [0.15, 0.2) is 29.2 Å². The van der Waals surface area contributed by atoms with E-state index in [0.29, 0.717) is 5.02 Å². The van der Waals surface area contributed by atoms with Crippen LogP contribution in [-0.2, 0) is 10.0 Å². The quantitative estimate of drug-likeness (QED) is 0.878. The van der Waals surface area contributed by atoms with Crippen molar-refractivity contribution in [1.29, 1.82) is 0 Å². The number of nitrogens with one attached hydrogen (secondary N) is 1. The van der Waals surface area contributed by atoms with Gasteiger partial charge in [0.05, 0.1) is 4.90 Å². The fourth-order valence-electron chi connectivity index (χ4n) is 0.995. The molecule has 92 valence electrons. The zero-order valence-corrected chi connectivity index (χ0v) is 11.1. The highest BCUT2D eigenvalue weighted by Crippen LogP contribution is 2.13. The predicted molar refractivity (Wildman–Crippen MR) is 67.5 cm³/mol. The SMILES string of the molecule is C[C@H](CN)NS(=O)(=O)c1ccc(Cl)cc1.Cl. The van der Waals surface area contributed by atoms with Crippen LogP contribution in [0.25, 0.3) is 0 Å². The lowest BCUT2D eigenvalue weighted by atomic mass is 10.4. The lowest BCUT2D eigenvalue weighted by Gasteiger charge is -2.11. The molecule has 0 heterocycles. The van der Waals surface area contributed by atoms with Gasteiger partial charge in [-0.2, -0.15) is 0 Å². The third-order valence-electron chi connectivity index (χ3n) is 1.83. The Morgan fingerprint density at radius 3 is 2.31 bits per heavy atom. The molecule has 7 heteroatoms. The Hall–Kier alpha value is -0.330. The molecule has 16 heavy (non-hydrogen) atoms. The number of sulfonamides is 1. The molecule has 0 saturated carbocycles. The third-order valence-corrected chi connectivity index (χ3v) is 3.69. The van der Waals surface area contributed by atoms with Crippen molar-refractivity contribution < 1.29 is 8.42 Å². The van der Waals surface area contributed by atoms with E-state index in [-0.39, 0.29) is 29.9 Å². The Morgan fingerprint density at radius 1 is 1.38 bits per heavy atom. The summed E-state index contributed by atoms with van der Waals surface area (Å²) in [6.07, 6.45) is 0. The van der Waals surface area contributed by atoms with Gasteiger partial charge in [0.25, 0.3) is 0 Å². The molecule has 0 fully saturated rings. The molecule has 0 aliphatic rings. The van der Waals surface area contributed by atoms with Crippen LogP contribution in [0.4, 0.5) is 0 Å². The summed E-state index contributed by atoms with van der Waals surface area (Å²) < 4.78 is 25.9. The van der Waals surface area contributed by atoms with E-state index in [2.05, 4.69) is 4.72 Å². The molecule has 3 N–H and O–H groups in total. The first kappa shape index (κ1) is 15.7. The van der Waals surface area contributed by atoms with Gasteiger partial charge in [-0.1, -0.05) is 11.6 Å². The summed E-state index contributed by atoms with van der Waals surface area (Å²) in [5.74, 6) is 0. The molecule has 1 atom stereocenters. The van der Waals surface area contributed by atoms with Crippen LogP contribution >= 0.6 is 24.0 Å². The molecule has 0 aromatic heterocycles. The van der Waals surface area contributed by atoms with Crippen LogP contribution in [-0.4, -0.2) is 21.0 Å². The van der Waals surface area contributed by atoms with Crippen molar-refractivity contribution in [3.8, 4) is 0 Å². The number of benzene rings is 1. The summed E-state index contributed by atoms with van der Waals surface area (Å²) >= 11 is 5.66. The monoisotopic (exact) mass is 284 g/mol. The Bertz CT molecular complexity index is 420. The highest BCUT2D eigenvalue weighted by atomic mass is 35.5. The van der Waals surface area contributed by atoms with Gasteiger partial charge < -0.3 is 5.73 Å².